The van der Waals surface area contributed by atoms with E-state index in [0.29, 0.717) is 0 Å². The van der Waals surface area contributed by atoms with Crippen LogP contribution >= 0.6 is 23.1 Å². The van der Waals surface area contributed by atoms with Crippen molar-refractivity contribution in [1.82, 2.24) is 15.2 Å². The van der Waals surface area contributed by atoms with Gasteiger partial charge in [0.25, 0.3) is 0 Å². The highest BCUT2D eigenvalue weighted by Gasteiger charge is 2.24. The fourth-order valence-corrected chi connectivity index (χ4v) is 4.18. The summed E-state index contributed by atoms with van der Waals surface area (Å²) >= 11 is 3.41. The highest BCUT2D eigenvalue weighted by Crippen LogP contribution is 2.40. The minimum absolute atomic E-state index is 0.117. The Morgan fingerprint density at radius 3 is 2.78 bits per heavy atom. The van der Waals surface area contributed by atoms with Crippen LogP contribution in [0.3, 0.4) is 0 Å². The van der Waals surface area contributed by atoms with Crippen molar-refractivity contribution < 1.29 is 0 Å². The molecule has 0 radical (unpaired) electrons. The Morgan fingerprint density at radius 2 is 2.28 bits per heavy atom. The molecule has 0 saturated heterocycles. The summed E-state index contributed by atoms with van der Waals surface area (Å²) in [4.78, 5) is 5.68. The zero-order valence-corrected chi connectivity index (χ0v) is 12.4. The lowest BCUT2D eigenvalue weighted by molar-refractivity contribution is 0.637. The molecule has 2 rings (SSSR count). The largest absolute Gasteiger partial charge is 0.326 e. The van der Waals surface area contributed by atoms with Crippen molar-refractivity contribution in [3.05, 3.63) is 27.7 Å². The number of aryl methyl sites for hydroxylation is 2. The van der Waals surface area contributed by atoms with E-state index in [2.05, 4.69) is 40.5 Å². The molecule has 4 nitrogen and oxygen atoms in total. The van der Waals surface area contributed by atoms with E-state index >= 15 is 0 Å². The quantitative estimate of drug-likeness (QED) is 0.827. The van der Waals surface area contributed by atoms with E-state index in [4.69, 9.17) is 5.73 Å². The monoisotopic (exact) mass is 282 g/mol. The third kappa shape index (κ3) is 2.93. The molecule has 6 heteroatoms. The molecule has 2 heterocycles. The maximum Gasteiger partial charge on any atom is 0.209 e. The minimum Gasteiger partial charge on any atom is -0.326 e. The third-order valence-electron chi connectivity index (χ3n) is 2.83. The summed E-state index contributed by atoms with van der Waals surface area (Å²) in [5, 5.41) is 10.2. The van der Waals surface area contributed by atoms with Crippen molar-refractivity contribution in [2.75, 3.05) is 0 Å². The second-order valence-electron chi connectivity index (χ2n) is 4.28. The number of aromatic nitrogens is 3. The van der Waals surface area contributed by atoms with Crippen LogP contribution in [0.25, 0.3) is 0 Å². The summed E-state index contributed by atoms with van der Waals surface area (Å²) in [6, 6.07) is 2.25. The fraction of sp³-hybridized carbons (Fsp3) is 0.500. The second-order valence-corrected chi connectivity index (χ2v) is 6.34. The van der Waals surface area contributed by atoms with Crippen LogP contribution in [0.2, 0.25) is 0 Å². The van der Waals surface area contributed by atoms with E-state index < -0.39 is 0 Å². The molecule has 2 unspecified atom stereocenters. The van der Waals surface area contributed by atoms with Gasteiger partial charge in [-0.25, -0.2) is 4.98 Å². The normalized spacial score (nSPS) is 14.7. The Balaban J connectivity index is 2.23. The van der Waals surface area contributed by atoms with Gasteiger partial charge in [-0.1, -0.05) is 18.7 Å². The number of rotatable bonds is 5. The summed E-state index contributed by atoms with van der Waals surface area (Å²) in [5.74, 6) is 0.837. The van der Waals surface area contributed by atoms with Crippen LogP contribution in [-0.4, -0.2) is 21.2 Å². The van der Waals surface area contributed by atoms with Crippen molar-refractivity contribution in [3.63, 3.8) is 0 Å². The van der Waals surface area contributed by atoms with Gasteiger partial charge in [0, 0.05) is 10.9 Å². The summed E-state index contributed by atoms with van der Waals surface area (Å²) in [6.07, 6.45) is 0.943. The van der Waals surface area contributed by atoms with Gasteiger partial charge in [-0.3, -0.25) is 5.10 Å². The Morgan fingerprint density at radius 1 is 1.50 bits per heavy atom. The number of hydrogen-bond donors (Lipinski definition) is 2. The molecule has 0 aromatic carbocycles. The van der Waals surface area contributed by atoms with E-state index in [9.17, 15) is 0 Å². The van der Waals surface area contributed by atoms with Crippen LogP contribution in [-0.2, 0) is 0 Å². The molecule has 2 atom stereocenters. The number of thioether (sulfide) groups is 1. The lowest BCUT2D eigenvalue weighted by Crippen LogP contribution is -2.25. The lowest BCUT2D eigenvalue weighted by atomic mass is 10.1. The van der Waals surface area contributed by atoms with E-state index in [1.54, 1.807) is 23.1 Å². The first-order valence-corrected chi connectivity index (χ1v) is 7.73. The number of nitrogens with zero attached hydrogens (tertiary/aromatic N) is 2. The van der Waals surface area contributed by atoms with E-state index in [0.717, 1.165) is 17.4 Å². The Hall–Kier alpha value is -0.850. The molecule has 2 aromatic rings. The van der Waals surface area contributed by atoms with Crippen molar-refractivity contribution in [2.45, 2.75) is 43.6 Å². The number of aromatic amines is 1. The maximum absolute atomic E-state index is 6.25. The lowest BCUT2D eigenvalue weighted by Gasteiger charge is -2.20. The molecule has 18 heavy (non-hydrogen) atoms. The highest BCUT2D eigenvalue weighted by atomic mass is 32.2. The van der Waals surface area contributed by atoms with Gasteiger partial charge in [0.15, 0.2) is 0 Å². The summed E-state index contributed by atoms with van der Waals surface area (Å²) in [7, 11) is 0. The number of nitrogens with two attached hydrogens (primary N) is 1. The van der Waals surface area contributed by atoms with Crippen molar-refractivity contribution in [1.29, 1.82) is 0 Å². The first kappa shape index (κ1) is 13.6. The number of hydrogen-bond acceptors (Lipinski definition) is 5. The molecule has 0 amide bonds. The average molecular weight is 282 g/mol. The first-order valence-electron chi connectivity index (χ1n) is 5.97. The van der Waals surface area contributed by atoms with Crippen LogP contribution in [0.1, 0.15) is 34.9 Å². The fourth-order valence-electron chi connectivity index (χ4n) is 1.71. The SMILES string of the molecule is CCC(N)C(Sc1n[nH]c(C)n1)c1sccc1C. The molecule has 2 aromatic heterocycles. The standard InChI is InChI=1S/C12H18N4S2/c1-4-9(13)11(10-7(2)5-6-17-10)18-12-14-8(3)15-16-12/h5-6,9,11H,4,13H2,1-3H3,(H,14,15,16). The molecule has 3 N–H and O–H groups in total. The third-order valence-corrected chi connectivity index (χ3v) is 5.31. The second kappa shape index (κ2) is 5.86. The topological polar surface area (TPSA) is 67.6 Å². The Kier molecular flexibility index (Phi) is 4.42. The smallest absolute Gasteiger partial charge is 0.209 e. The Labute approximate surface area is 115 Å². The molecule has 0 saturated carbocycles. The van der Waals surface area contributed by atoms with E-state index in [-0.39, 0.29) is 11.3 Å². The van der Waals surface area contributed by atoms with Gasteiger partial charge in [0.05, 0.1) is 5.25 Å². The van der Waals surface area contributed by atoms with Crippen LogP contribution in [0.4, 0.5) is 0 Å². The van der Waals surface area contributed by atoms with Gasteiger partial charge in [-0.15, -0.1) is 16.4 Å². The van der Waals surface area contributed by atoms with Gasteiger partial charge < -0.3 is 5.73 Å². The van der Waals surface area contributed by atoms with Crippen molar-refractivity contribution >= 4 is 23.1 Å². The van der Waals surface area contributed by atoms with Gasteiger partial charge in [0.1, 0.15) is 5.82 Å². The zero-order chi connectivity index (χ0) is 13.1. The Bertz CT molecular complexity index is 506. The van der Waals surface area contributed by atoms with Crippen LogP contribution in [0.5, 0.6) is 0 Å². The first-order chi connectivity index (χ1) is 8.61. The zero-order valence-electron chi connectivity index (χ0n) is 10.8. The number of H-pyrrole nitrogens is 1. The predicted octanol–water partition coefficient (Wildman–Crippen LogP) is 3.05. The van der Waals surface area contributed by atoms with Crippen molar-refractivity contribution in [2.24, 2.45) is 5.73 Å². The summed E-state index contributed by atoms with van der Waals surface area (Å²) in [5.41, 5.74) is 7.55. The van der Waals surface area contributed by atoms with Gasteiger partial charge >= 0.3 is 0 Å². The van der Waals surface area contributed by atoms with Crippen molar-refractivity contribution in [3.8, 4) is 0 Å². The maximum atomic E-state index is 6.25. The predicted molar refractivity (Wildman–Crippen MR) is 77.0 cm³/mol. The van der Waals surface area contributed by atoms with Gasteiger partial charge in [-0.05, 0) is 37.3 Å². The molecule has 0 aliphatic rings. The summed E-state index contributed by atoms with van der Waals surface area (Å²) in [6.45, 7) is 6.15. The van der Waals surface area contributed by atoms with Gasteiger partial charge in [0.2, 0.25) is 5.16 Å². The minimum atomic E-state index is 0.117. The summed E-state index contributed by atoms with van der Waals surface area (Å²) < 4.78 is 0. The molecule has 0 aliphatic heterocycles. The molecule has 0 spiro atoms. The molecular weight excluding hydrogens is 264 g/mol. The average Bonchev–Trinajstić information content (AvgIpc) is 2.94. The van der Waals surface area contributed by atoms with Crippen LogP contribution in [0, 0.1) is 13.8 Å². The van der Waals surface area contributed by atoms with E-state index in [1.807, 2.05) is 6.92 Å². The number of thiophene rings is 1. The van der Waals surface area contributed by atoms with Crippen LogP contribution in [0.15, 0.2) is 16.6 Å². The van der Waals surface area contributed by atoms with Gasteiger partial charge in [-0.2, -0.15) is 0 Å². The van der Waals surface area contributed by atoms with E-state index in [1.165, 1.54) is 10.4 Å². The molecule has 0 fully saturated rings. The highest BCUT2D eigenvalue weighted by molar-refractivity contribution is 7.99. The molecule has 0 aliphatic carbocycles. The molecule has 98 valence electrons. The van der Waals surface area contributed by atoms with Crippen LogP contribution < -0.4 is 5.73 Å². The molecular formula is C12H18N4S2. The molecule has 0 bridgehead atoms. The number of nitrogens with one attached hydrogen (secondary N) is 1.